The van der Waals surface area contributed by atoms with Crippen molar-refractivity contribution in [3.05, 3.63) is 106 Å². The van der Waals surface area contributed by atoms with Crippen LogP contribution in [0.25, 0.3) is 28.1 Å². The van der Waals surface area contributed by atoms with Crippen LogP contribution in [0, 0.1) is 6.92 Å². The van der Waals surface area contributed by atoms with Crippen LogP contribution in [-0.2, 0) is 4.79 Å². The van der Waals surface area contributed by atoms with Crippen molar-refractivity contribution in [1.29, 1.82) is 0 Å². The van der Waals surface area contributed by atoms with Gasteiger partial charge in [-0.2, -0.15) is 5.10 Å². The van der Waals surface area contributed by atoms with Crippen molar-refractivity contribution >= 4 is 45.7 Å². The molecule has 4 aromatic rings. The zero-order chi connectivity index (χ0) is 22.7. The summed E-state index contributed by atoms with van der Waals surface area (Å²) in [5.41, 5.74) is 8.35. The highest BCUT2D eigenvalue weighted by molar-refractivity contribution is 6.33. The van der Waals surface area contributed by atoms with Gasteiger partial charge < -0.3 is 5.11 Å². The van der Waals surface area contributed by atoms with Gasteiger partial charge in [0.15, 0.2) is 0 Å². The standard InChI is InChI=1S/C27H23ClN2O2/c1-3-22(26-17(2)5-4-6-23(26)28)27(20-12-13-24-21(15-20)16-29-30-24)19-10-7-18(8-11-19)9-14-25(31)32/h4-16H,3H2,1-2H3,(H,29,30)(H,31,32)/b14-9+,27-22+. The number of carboxylic acid groups (broad SMARTS) is 1. The summed E-state index contributed by atoms with van der Waals surface area (Å²) in [4.78, 5) is 10.9. The lowest BCUT2D eigenvalue weighted by molar-refractivity contribution is -0.131. The lowest BCUT2D eigenvalue weighted by atomic mass is 9.86. The van der Waals surface area contributed by atoms with E-state index in [9.17, 15) is 4.79 Å². The minimum atomic E-state index is -0.967. The first-order chi connectivity index (χ1) is 15.5. The zero-order valence-electron chi connectivity index (χ0n) is 17.9. The Balaban J connectivity index is 1.96. The van der Waals surface area contributed by atoms with Crippen LogP contribution in [0.1, 0.15) is 41.2 Å². The first-order valence-electron chi connectivity index (χ1n) is 10.4. The second-order valence-corrected chi connectivity index (χ2v) is 8.01. The highest BCUT2D eigenvalue weighted by Gasteiger charge is 2.17. The molecule has 0 spiro atoms. The second kappa shape index (κ2) is 9.25. The molecule has 4 rings (SSSR count). The van der Waals surface area contributed by atoms with Gasteiger partial charge in [0, 0.05) is 16.5 Å². The molecule has 0 fully saturated rings. The molecule has 0 saturated heterocycles. The molecule has 4 nitrogen and oxygen atoms in total. The highest BCUT2D eigenvalue weighted by atomic mass is 35.5. The number of fused-ring (bicyclic) bond motifs is 1. The number of halogens is 1. The number of rotatable bonds is 6. The average molecular weight is 443 g/mol. The molecule has 0 atom stereocenters. The number of nitrogens with zero attached hydrogens (tertiary/aromatic N) is 1. The Hall–Kier alpha value is -3.63. The number of nitrogens with one attached hydrogen (secondary N) is 1. The topological polar surface area (TPSA) is 66.0 Å². The zero-order valence-corrected chi connectivity index (χ0v) is 18.6. The van der Waals surface area contributed by atoms with Crippen LogP contribution < -0.4 is 0 Å². The van der Waals surface area contributed by atoms with E-state index >= 15 is 0 Å². The number of benzene rings is 3. The third kappa shape index (κ3) is 4.36. The Bertz CT molecular complexity index is 1330. The van der Waals surface area contributed by atoms with Crippen molar-refractivity contribution in [2.75, 3.05) is 0 Å². The second-order valence-electron chi connectivity index (χ2n) is 7.60. The molecule has 0 aliphatic carbocycles. The van der Waals surface area contributed by atoms with Crippen molar-refractivity contribution in [3.63, 3.8) is 0 Å². The molecule has 32 heavy (non-hydrogen) atoms. The number of aromatic amines is 1. The molecular formula is C27H23ClN2O2. The molecule has 0 bridgehead atoms. The largest absolute Gasteiger partial charge is 0.478 e. The smallest absolute Gasteiger partial charge is 0.328 e. The van der Waals surface area contributed by atoms with E-state index in [4.69, 9.17) is 16.7 Å². The van der Waals surface area contributed by atoms with Crippen LogP contribution in [0.15, 0.2) is 72.9 Å². The highest BCUT2D eigenvalue weighted by Crippen LogP contribution is 2.39. The van der Waals surface area contributed by atoms with Crippen LogP contribution in [-0.4, -0.2) is 21.3 Å². The number of aromatic nitrogens is 2. The fraction of sp³-hybridized carbons (Fsp3) is 0.111. The Morgan fingerprint density at radius 1 is 1.09 bits per heavy atom. The van der Waals surface area contributed by atoms with Gasteiger partial charge in [-0.1, -0.05) is 61.0 Å². The summed E-state index contributed by atoms with van der Waals surface area (Å²) in [5, 5.41) is 17.8. The number of hydrogen-bond acceptors (Lipinski definition) is 2. The number of H-pyrrole nitrogens is 1. The lowest BCUT2D eigenvalue weighted by Gasteiger charge is -2.19. The third-order valence-corrected chi connectivity index (χ3v) is 5.84. The van der Waals surface area contributed by atoms with E-state index in [0.717, 1.165) is 67.4 Å². The molecule has 5 heteroatoms. The minimum Gasteiger partial charge on any atom is -0.478 e. The third-order valence-electron chi connectivity index (χ3n) is 5.53. The Kier molecular flexibility index (Phi) is 6.24. The molecule has 0 radical (unpaired) electrons. The molecule has 0 unspecified atom stereocenters. The maximum atomic E-state index is 10.9. The van der Waals surface area contributed by atoms with Crippen LogP contribution in [0.3, 0.4) is 0 Å². The Morgan fingerprint density at radius 2 is 1.84 bits per heavy atom. The van der Waals surface area contributed by atoms with Gasteiger partial charge in [-0.15, -0.1) is 0 Å². The quantitative estimate of drug-likeness (QED) is 0.250. The molecule has 1 heterocycles. The first-order valence-corrected chi connectivity index (χ1v) is 10.8. The summed E-state index contributed by atoms with van der Waals surface area (Å²) in [6, 6.07) is 20.1. The van der Waals surface area contributed by atoms with Crippen molar-refractivity contribution < 1.29 is 9.90 Å². The van der Waals surface area contributed by atoms with Gasteiger partial charge in [0.1, 0.15) is 0 Å². The molecule has 1 aromatic heterocycles. The number of aryl methyl sites for hydroxylation is 1. The summed E-state index contributed by atoms with van der Waals surface area (Å²) in [5.74, 6) is -0.967. The van der Waals surface area contributed by atoms with Gasteiger partial charge in [0.05, 0.1) is 11.7 Å². The fourth-order valence-electron chi connectivity index (χ4n) is 4.03. The average Bonchev–Trinajstić information content (AvgIpc) is 3.25. The van der Waals surface area contributed by atoms with E-state index < -0.39 is 5.97 Å². The van der Waals surface area contributed by atoms with Gasteiger partial charge in [0.25, 0.3) is 0 Å². The Morgan fingerprint density at radius 3 is 2.53 bits per heavy atom. The van der Waals surface area contributed by atoms with E-state index in [1.54, 1.807) is 6.08 Å². The molecule has 0 amide bonds. The van der Waals surface area contributed by atoms with Crippen molar-refractivity contribution in [3.8, 4) is 0 Å². The summed E-state index contributed by atoms with van der Waals surface area (Å²) in [6.45, 7) is 4.21. The molecule has 0 aliphatic heterocycles. The summed E-state index contributed by atoms with van der Waals surface area (Å²) >= 11 is 6.68. The van der Waals surface area contributed by atoms with E-state index in [2.05, 4.69) is 42.2 Å². The summed E-state index contributed by atoms with van der Waals surface area (Å²) in [6.07, 6.45) is 5.35. The molecule has 0 saturated carbocycles. The molecular weight excluding hydrogens is 420 g/mol. The normalized spacial score (nSPS) is 12.3. The first kappa shape index (κ1) is 21.6. The van der Waals surface area contributed by atoms with Crippen molar-refractivity contribution in [2.24, 2.45) is 0 Å². The fourth-order valence-corrected chi connectivity index (χ4v) is 4.37. The monoisotopic (exact) mass is 442 g/mol. The van der Waals surface area contributed by atoms with Crippen LogP contribution in [0.4, 0.5) is 0 Å². The van der Waals surface area contributed by atoms with Crippen LogP contribution in [0.5, 0.6) is 0 Å². The van der Waals surface area contributed by atoms with Crippen LogP contribution >= 0.6 is 11.6 Å². The lowest BCUT2D eigenvalue weighted by Crippen LogP contribution is -1.98. The maximum Gasteiger partial charge on any atom is 0.328 e. The van der Waals surface area contributed by atoms with Crippen LogP contribution in [0.2, 0.25) is 5.02 Å². The number of aliphatic carboxylic acids is 1. The molecule has 3 aromatic carbocycles. The van der Waals surface area contributed by atoms with Gasteiger partial charge in [-0.05, 0) is 76.6 Å². The van der Waals surface area contributed by atoms with E-state index in [-0.39, 0.29) is 0 Å². The van der Waals surface area contributed by atoms with Gasteiger partial charge in [-0.3, -0.25) is 5.10 Å². The van der Waals surface area contributed by atoms with E-state index in [0.29, 0.717) is 0 Å². The van der Waals surface area contributed by atoms with Gasteiger partial charge in [-0.25, -0.2) is 4.79 Å². The number of allylic oxidation sites excluding steroid dienone is 1. The van der Waals surface area contributed by atoms with Crippen molar-refractivity contribution in [1.82, 2.24) is 10.2 Å². The number of carbonyl (C=O) groups is 1. The molecule has 2 N–H and O–H groups in total. The van der Waals surface area contributed by atoms with Gasteiger partial charge in [0.2, 0.25) is 0 Å². The van der Waals surface area contributed by atoms with E-state index in [1.165, 1.54) is 0 Å². The van der Waals surface area contributed by atoms with E-state index in [1.807, 2.05) is 48.7 Å². The van der Waals surface area contributed by atoms with Gasteiger partial charge >= 0.3 is 5.97 Å². The predicted molar refractivity (Wildman–Crippen MR) is 132 cm³/mol. The molecule has 0 aliphatic rings. The summed E-state index contributed by atoms with van der Waals surface area (Å²) < 4.78 is 0. The predicted octanol–water partition coefficient (Wildman–Crippen LogP) is 6.99. The summed E-state index contributed by atoms with van der Waals surface area (Å²) in [7, 11) is 0. The number of hydrogen-bond donors (Lipinski definition) is 2. The minimum absolute atomic E-state index is 0.727. The SMILES string of the molecule is CC/C(=C(/c1ccc(/C=C/C(=O)O)cc1)c1ccc2[nH]ncc2c1)c1c(C)cccc1Cl. The molecule has 160 valence electrons. The Labute approximate surface area is 191 Å². The van der Waals surface area contributed by atoms with Crippen molar-refractivity contribution in [2.45, 2.75) is 20.3 Å². The number of carboxylic acids is 1. The maximum absolute atomic E-state index is 10.9.